The molecule has 0 radical (unpaired) electrons. The third-order valence-corrected chi connectivity index (χ3v) is 3.76. The number of carbonyl (C=O) groups excluding carboxylic acids is 1. The fraction of sp³-hybridized carbons (Fsp3) is 0.562. The Hall–Kier alpha value is -1.27. The molecule has 0 fully saturated rings. The Labute approximate surface area is 141 Å². The predicted molar refractivity (Wildman–Crippen MR) is 94.2 cm³/mol. The minimum absolute atomic E-state index is 0.106. The van der Waals surface area contributed by atoms with Crippen LogP contribution in [0.2, 0.25) is 0 Å². The molecule has 0 heterocycles. The van der Waals surface area contributed by atoms with Gasteiger partial charge in [-0.3, -0.25) is 0 Å². The Kier molecular flexibility index (Phi) is 6.68. The first kappa shape index (κ1) is 18.8. The van der Waals surface area contributed by atoms with Crippen LogP contribution in [0, 0.1) is 6.92 Å². The number of rotatable bonds is 5. The maximum Gasteiger partial charge on any atom is 0.407 e. The van der Waals surface area contributed by atoms with Gasteiger partial charge in [0, 0.05) is 16.7 Å². The molecule has 0 aliphatic carbocycles. The molecular formula is C16H26BrN3O2. The Morgan fingerprint density at radius 2 is 2.05 bits per heavy atom. The fourth-order valence-corrected chi connectivity index (χ4v) is 2.29. The molecule has 1 aromatic carbocycles. The molecule has 2 atom stereocenters. The van der Waals surface area contributed by atoms with Gasteiger partial charge < -0.3 is 21.1 Å². The zero-order valence-electron chi connectivity index (χ0n) is 13.9. The van der Waals surface area contributed by atoms with E-state index in [-0.39, 0.29) is 12.1 Å². The van der Waals surface area contributed by atoms with Crippen LogP contribution in [0.4, 0.5) is 10.5 Å². The Morgan fingerprint density at radius 3 is 2.59 bits per heavy atom. The first-order valence-electron chi connectivity index (χ1n) is 7.34. The van der Waals surface area contributed by atoms with Crippen molar-refractivity contribution in [2.75, 3.05) is 11.9 Å². The lowest BCUT2D eigenvalue weighted by molar-refractivity contribution is 0.0504. The molecule has 0 spiro atoms. The smallest absolute Gasteiger partial charge is 0.407 e. The number of amides is 1. The summed E-state index contributed by atoms with van der Waals surface area (Å²) in [5, 5.41) is 6.19. The molecule has 2 unspecified atom stereocenters. The Bertz CT molecular complexity index is 515. The monoisotopic (exact) mass is 371 g/mol. The topological polar surface area (TPSA) is 76.4 Å². The normalized spacial score (nSPS) is 14.1. The summed E-state index contributed by atoms with van der Waals surface area (Å²) in [4.78, 5) is 11.9. The molecule has 1 rings (SSSR count). The van der Waals surface area contributed by atoms with Crippen molar-refractivity contribution in [3.8, 4) is 0 Å². The van der Waals surface area contributed by atoms with Gasteiger partial charge in [-0.25, -0.2) is 4.79 Å². The number of benzene rings is 1. The summed E-state index contributed by atoms with van der Waals surface area (Å²) in [6.07, 6.45) is -0.441. The standard InChI is InChI=1S/C16H26BrN3O2/c1-10-6-7-12(17)13(8-10)20-14(9-18)11(2)19-15(21)22-16(3,4)5/h6-8,11,14,20H,9,18H2,1-5H3,(H,19,21). The zero-order chi connectivity index (χ0) is 16.9. The summed E-state index contributed by atoms with van der Waals surface area (Å²) in [6.45, 7) is 9.81. The van der Waals surface area contributed by atoms with Crippen LogP contribution < -0.4 is 16.4 Å². The van der Waals surface area contributed by atoms with E-state index in [9.17, 15) is 4.79 Å². The lowest BCUT2D eigenvalue weighted by Crippen LogP contribution is -2.49. The van der Waals surface area contributed by atoms with Gasteiger partial charge in [-0.15, -0.1) is 0 Å². The number of anilines is 1. The van der Waals surface area contributed by atoms with Crippen LogP contribution in [-0.4, -0.2) is 30.3 Å². The largest absolute Gasteiger partial charge is 0.444 e. The Balaban J connectivity index is 2.70. The van der Waals surface area contributed by atoms with Gasteiger partial charge in [-0.05, 0) is 68.2 Å². The van der Waals surface area contributed by atoms with E-state index in [1.165, 1.54) is 0 Å². The van der Waals surface area contributed by atoms with Gasteiger partial charge in [0.1, 0.15) is 5.60 Å². The molecular weight excluding hydrogens is 346 g/mol. The highest BCUT2D eigenvalue weighted by Crippen LogP contribution is 2.24. The molecule has 124 valence electrons. The van der Waals surface area contributed by atoms with E-state index in [0.717, 1.165) is 15.7 Å². The molecule has 6 heteroatoms. The highest BCUT2D eigenvalue weighted by Gasteiger charge is 2.22. The molecule has 0 saturated heterocycles. The van der Waals surface area contributed by atoms with Crippen LogP contribution in [0.1, 0.15) is 33.3 Å². The SMILES string of the molecule is Cc1ccc(Br)c(NC(CN)C(C)NC(=O)OC(C)(C)C)c1. The van der Waals surface area contributed by atoms with E-state index in [2.05, 4.69) is 26.6 Å². The molecule has 4 N–H and O–H groups in total. The van der Waals surface area contributed by atoms with Crippen LogP contribution in [0.5, 0.6) is 0 Å². The van der Waals surface area contributed by atoms with Crippen molar-refractivity contribution in [2.45, 2.75) is 52.3 Å². The van der Waals surface area contributed by atoms with E-state index in [1.54, 1.807) is 0 Å². The van der Waals surface area contributed by atoms with E-state index in [0.29, 0.717) is 6.54 Å². The number of nitrogens with two attached hydrogens (primary N) is 1. The maximum absolute atomic E-state index is 11.9. The van der Waals surface area contributed by atoms with Crippen LogP contribution >= 0.6 is 15.9 Å². The van der Waals surface area contributed by atoms with Crippen molar-refractivity contribution in [1.29, 1.82) is 0 Å². The molecule has 1 aromatic rings. The van der Waals surface area contributed by atoms with Crippen LogP contribution in [0.25, 0.3) is 0 Å². The quantitative estimate of drug-likeness (QED) is 0.740. The summed E-state index contributed by atoms with van der Waals surface area (Å²) < 4.78 is 6.23. The molecule has 1 amide bonds. The lowest BCUT2D eigenvalue weighted by atomic mass is 10.1. The Morgan fingerprint density at radius 1 is 1.41 bits per heavy atom. The van der Waals surface area contributed by atoms with E-state index in [4.69, 9.17) is 10.5 Å². The van der Waals surface area contributed by atoms with Gasteiger partial charge in [-0.2, -0.15) is 0 Å². The molecule has 5 nitrogen and oxygen atoms in total. The average molecular weight is 372 g/mol. The summed E-state index contributed by atoms with van der Waals surface area (Å²) in [7, 11) is 0. The van der Waals surface area contributed by atoms with E-state index in [1.807, 2.05) is 52.8 Å². The second-order valence-electron chi connectivity index (χ2n) is 6.40. The lowest BCUT2D eigenvalue weighted by Gasteiger charge is -2.28. The van der Waals surface area contributed by atoms with Crippen molar-refractivity contribution in [3.63, 3.8) is 0 Å². The average Bonchev–Trinajstić information content (AvgIpc) is 2.37. The van der Waals surface area contributed by atoms with E-state index >= 15 is 0 Å². The number of aryl methyl sites for hydroxylation is 1. The highest BCUT2D eigenvalue weighted by molar-refractivity contribution is 9.10. The van der Waals surface area contributed by atoms with Crippen LogP contribution in [-0.2, 0) is 4.74 Å². The molecule has 0 aliphatic rings. The number of ether oxygens (including phenoxy) is 1. The number of carbonyl (C=O) groups is 1. The molecule has 0 saturated carbocycles. The molecule has 0 aromatic heterocycles. The van der Waals surface area contributed by atoms with Crippen molar-refractivity contribution in [2.24, 2.45) is 5.73 Å². The summed E-state index contributed by atoms with van der Waals surface area (Å²) in [5.41, 5.74) is 7.42. The third kappa shape index (κ3) is 6.23. The first-order chi connectivity index (χ1) is 10.1. The number of hydrogen-bond donors (Lipinski definition) is 3. The number of hydrogen-bond acceptors (Lipinski definition) is 4. The number of halogens is 1. The van der Waals surface area contributed by atoms with Gasteiger partial charge in [0.2, 0.25) is 0 Å². The van der Waals surface area contributed by atoms with Gasteiger partial charge in [0.15, 0.2) is 0 Å². The van der Waals surface area contributed by atoms with Gasteiger partial charge in [0.05, 0.1) is 12.1 Å². The van der Waals surface area contributed by atoms with Crippen molar-refractivity contribution in [3.05, 3.63) is 28.2 Å². The fourth-order valence-electron chi connectivity index (χ4n) is 1.93. The summed E-state index contributed by atoms with van der Waals surface area (Å²) in [6, 6.07) is 5.76. The van der Waals surface area contributed by atoms with Gasteiger partial charge in [-0.1, -0.05) is 6.07 Å². The van der Waals surface area contributed by atoms with Crippen molar-refractivity contribution >= 4 is 27.7 Å². The minimum atomic E-state index is -0.519. The number of nitrogens with one attached hydrogen (secondary N) is 2. The highest BCUT2D eigenvalue weighted by atomic mass is 79.9. The van der Waals surface area contributed by atoms with Crippen LogP contribution in [0.15, 0.2) is 22.7 Å². The van der Waals surface area contributed by atoms with Crippen LogP contribution in [0.3, 0.4) is 0 Å². The van der Waals surface area contributed by atoms with Gasteiger partial charge >= 0.3 is 6.09 Å². The number of alkyl carbamates (subject to hydrolysis) is 1. The summed E-state index contributed by atoms with van der Waals surface area (Å²) >= 11 is 3.51. The second-order valence-corrected chi connectivity index (χ2v) is 7.26. The predicted octanol–water partition coefficient (Wildman–Crippen LogP) is 3.41. The van der Waals surface area contributed by atoms with Gasteiger partial charge in [0.25, 0.3) is 0 Å². The first-order valence-corrected chi connectivity index (χ1v) is 8.14. The van der Waals surface area contributed by atoms with E-state index < -0.39 is 11.7 Å². The molecule has 0 aliphatic heterocycles. The zero-order valence-corrected chi connectivity index (χ0v) is 15.5. The maximum atomic E-state index is 11.9. The minimum Gasteiger partial charge on any atom is -0.444 e. The van der Waals surface area contributed by atoms with Crippen molar-refractivity contribution < 1.29 is 9.53 Å². The molecule has 22 heavy (non-hydrogen) atoms. The second kappa shape index (κ2) is 7.83. The third-order valence-electron chi connectivity index (χ3n) is 3.06. The summed E-state index contributed by atoms with van der Waals surface area (Å²) in [5.74, 6) is 0. The van der Waals surface area contributed by atoms with Crippen molar-refractivity contribution in [1.82, 2.24) is 5.32 Å². The molecule has 0 bridgehead atoms.